The Bertz CT molecular complexity index is 3170. The van der Waals surface area contributed by atoms with Crippen molar-refractivity contribution in [1.29, 1.82) is 0 Å². The summed E-state index contributed by atoms with van der Waals surface area (Å²) in [4.78, 5) is 19.8. The minimum absolute atomic E-state index is 0.0147. The van der Waals surface area contributed by atoms with Crippen LogP contribution in [0.3, 0.4) is 0 Å². The molecule has 0 bridgehead atoms. The summed E-state index contributed by atoms with van der Waals surface area (Å²) < 4.78 is 95.2. The molecule has 3 aliphatic heterocycles. The first-order chi connectivity index (χ1) is 36.4. The van der Waals surface area contributed by atoms with Crippen LogP contribution < -0.4 is 25.1 Å². The minimum atomic E-state index is -5.91. The van der Waals surface area contributed by atoms with Crippen LogP contribution in [0.25, 0.3) is 22.4 Å². The van der Waals surface area contributed by atoms with E-state index in [-0.39, 0.29) is 35.7 Å². The summed E-state index contributed by atoms with van der Waals surface area (Å²) in [6, 6.07) is 35.7. The number of piperidine rings is 1. The molecule has 0 spiro atoms. The highest BCUT2D eigenvalue weighted by molar-refractivity contribution is 7.99. The summed E-state index contributed by atoms with van der Waals surface area (Å²) in [5.41, 5.74) is 0.611. The molecule has 404 valence electrons. The van der Waals surface area contributed by atoms with Crippen molar-refractivity contribution in [2.45, 2.75) is 80.8 Å². The van der Waals surface area contributed by atoms with Gasteiger partial charge < -0.3 is 34.2 Å². The first-order valence-corrected chi connectivity index (χ1v) is 30.4. The van der Waals surface area contributed by atoms with E-state index in [0.29, 0.717) is 72.8 Å². The van der Waals surface area contributed by atoms with Crippen molar-refractivity contribution in [3.05, 3.63) is 138 Å². The highest BCUT2D eigenvalue weighted by Crippen LogP contribution is 2.56. The van der Waals surface area contributed by atoms with Crippen LogP contribution in [-0.4, -0.2) is 105 Å². The molecular formula is C57H65ClF3N6O6PS2. The number of aromatic nitrogens is 1. The molecule has 3 aliphatic rings. The van der Waals surface area contributed by atoms with E-state index in [4.69, 9.17) is 16.1 Å². The van der Waals surface area contributed by atoms with Gasteiger partial charge in [-0.3, -0.25) is 9.24 Å². The SMILES string of the molecule is CCC1CCN(CC[C@H](CSc2ccccc2)Nc2ccc([P@]3(=O)OCCN3c3ccc(N4CCN(c5cccc(-c6c(C(=O)O)c(C)n(C(C)C)c6-c6ccc(Cl)cc6)c5)CC4)cc3)cc2S(=O)(=O)C(F)(F)F)CC1. The molecule has 76 heavy (non-hydrogen) atoms. The van der Waals surface area contributed by atoms with Crippen molar-refractivity contribution in [2.75, 3.05) is 84.5 Å². The second-order valence-corrected chi connectivity index (χ2v) is 25.8. The van der Waals surface area contributed by atoms with E-state index in [1.165, 1.54) is 16.8 Å². The average Bonchev–Trinajstić information content (AvgIpc) is 3.97. The van der Waals surface area contributed by atoms with Gasteiger partial charge in [0.25, 0.3) is 9.84 Å². The average molecular weight is 1120 g/mol. The molecule has 3 fully saturated rings. The Hall–Kier alpha value is -5.42. The molecule has 3 saturated heterocycles. The Morgan fingerprint density at radius 1 is 0.829 bits per heavy atom. The van der Waals surface area contributed by atoms with E-state index in [1.54, 1.807) is 23.9 Å². The molecule has 12 nitrogen and oxygen atoms in total. The van der Waals surface area contributed by atoms with Gasteiger partial charge in [-0.25, -0.2) is 13.2 Å². The van der Waals surface area contributed by atoms with Crippen molar-refractivity contribution >= 4 is 74.7 Å². The number of sulfone groups is 1. The van der Waals surface area contributed by atoms with E-state index in [2.05, 4.69) is 37.6 Å². The number of thioether (sulfide) groups is 1. The van der Waals surface area contributed by atoms with Crippen LogP contribution in [-0.2, 0) is 18.9 Å². The van der Waals surface area contributed by atoms with E-state index >= 15 is 4.57 Å². The molecule has 2 atom stereocenters. The molecule has 19 heteroatoms. The number of alkyl halides is 3. The molecule has 0 saturated carbocycles. The Labute approximate surface area is 453 Å². The van der Waals surface area contributed by atoms with Gasteiger partial charge in [-0.1, -0.05) is 67.4 Å². The number of anilines is 4. The van der Waals surface area contributed by atoms with E-state index in [1.807, 2.05) is 106 Å². The predicted molar refractivity (Wildman–Crippen MR) is 302 cm³/mol. The Kier molecular flexibility index (Phi) is 16.9. The standard InChI is InChI=1S/C57H65ClF3N6O6PS2/c1-5-41-24-27-63(28-25-41)29-26-45(38-75-50-12-7-6-8-13-50)62-51-23-22-49(37-52(51)76(71,72)57(59,60)61)74(70)66(34-35-73-74)47-20-18-46(19-21-47)64-30-32-65(33-31-64)48-11-9-10-43(36-48)54-53(56(68)69)40(4)67(39(2)3)55(54)42-14-16-44(58)17-15-42/h6-23,36-37,39,41,45,62H,5,24-35,38H2,1-4H3,(H,68,69)/t45-,74+/m1/s1. The fraction of sp³-hybridized carbons (Fsp3) is 0.386. The molecule has 5 aromatic carbocycles. The summed E-state index contributed by atoms with van der Waals surface area (Å²) in [7, 11) is -10.0. The maximum Gasteiger partial charge on any atom is 0.501 e. The number of hydrogen-bond donors (Lipinski definition) is 2. The lowest BCUT2D eigenvalue weighted by Crippen LogP contribution is -2.46. The van der Waals surface area contributed by atoms with Crippen LogP contribution in [0.5, 0.6) is 0 Å². The van der Waals surface area contributed by atoms with Crippen molar-refractivity contribution < 1.29 is 40.6 Å². The third-order valence-electron chi connectivity index (χ3n) is 15.0. The summed E-state index contributed by atoms with van der Waals surface area (Å²) in [5, 5.41) is 14.2. The third-order valence-corrected chi connectivity index (χ3v) is 20.5. The van der Waals surface area contributed by atoms with Gasteiger partial charge in [0.1, 0.15) is 4.90 Å². The first kappa shape index (κ1) is 55.3. The zero-order valence-electron chi connectivity index (χ0n) is 43.2. The lowest BCUT2D eigenvalue weighted by atomic mass is 9.94. The predicted octanol–water partition coefficient (Wildman–Crippen LogP) is 13.1. The van der Waals surface area contributed by atoms with Crippen molar-refractivity contribution in [3.63, 3.8) is 0 Å². The number of nitrogens with one attached hydrogen (secondary N) is 1. The summed E-state index contributed by atoms with van der Waals surface area (Å²) in [6.45, 7) is 13.5. The van der Waals surface area contributed by atoms with Gasteiger partial charge in [0, 0.05) is 88.8 Å². The zero-order chi connectivity index (χ0) is 53.9. The van der Waals surface area contributed by atoms with E-state index in [0.717, 1.165) is 71.5 Å². The Balaban J connectivity index is 0.921. The molecule has 0 radical (unpaired) electrons. The molecule has 4 heterocycles. The van der Waals surface area contributed by atoms with Gasteiger partial charge >= 0.3 is 19.0 Å². The number of nitrogens with zero attached hydrogens (tertiary/aromatic N) is 5. The highest BCUT2D eigenvalue weighted by atomic mass is 35.5. The topological polar surface area (TPSA) is 128 Å². The van der Waals surface area contributed by atoms with Crippen molar-refractivity contribution in [1.82, 2.24) is 9.47 Å². The number of halogens is 4. The lowest BCUT2D eigenvalue weighted by molar-refractivity contribution is -0.0435. The number of rotatable bonds is 18. The number of benzene rings is 5. The number of likely N-dealkylation sites (tertiary alicyclic amines) is 1. The zero-order valence-corrected chi connectivity index (χ0v) is 46.5. The highest BCUT2D eigenvalue weighted by Gasteiger charge is 2.49. The largest absolute Gasteiger partial charge is 0.501 e. The fourth-order valence-electron chi connectivity index (χ4n) is 10.9. The van der Waals surface area contributed by atoms with Crippen LogP contribution in [0.4, 0.5) is 35.9 Å². The van der Waals surface area contributed by atoms with Gasteiger partial charge in [-0.15, -0.1) is 11.8 Å². The van der Waals surface area contributed by atoms with Gasteiger partial charge in [0.2, 0.25) is 0 Å². The van der Waals surface area contributed by atoms with Crippen LogP contribution in [0.2, 0.25) is 5.02 Å². The quantitative estimate of drug-likeness (QED) is 0.0628. The second kappa shape index (κ2) is 23.3. The summed E-state index contributed by atoms with van der Waals surface area (Å²) in [5.74, 6) is 0.150. The van der Waals surface area contributed by atoms with Crippen LogP contribution in [0, 0.1) is 12.8 Å². The van der Waals surface area contributed by atoms with Crippen molar-refractivity contribution in [3.8, 4) is 22.4 Å². The number of carboxylic acid groups (broad SMARTS) is 1. The number of carboxylic acids is 1. The maximum atomic E-state index is 15.0. The van der Waals surface area contributed by atoms with Crippen LogP contribution in [0.1, 0.15) is 68.5 Å². The van der Waals surface area contributed by atoms with Crippen LogP contribution in [0.15, 0.2) is 131 Å². The number of carbonyl (C=O) groups is 1. The monoisotopic (exact) mass is 1120 g/mol. The Morgan fingerprint density at radius 2 is 1.49 bits per heavy atom. The Morgan fingerprint density at radius 3 is 2.12 bits per heavy atom. The van der Waals surface area contributed by atoms with Gasteiger partial charge in [0.15, 0.2) is 0 Å². The number of piperazine rings is 1. The van der Waals surface area contributed by atoms with E-state index in [9.17, 15) is 31.5 Å². The molecule has 1 aromatic heterocycles. The molecule has 2 N–H and O–H groups in total. The summed E-state index contributed by atoms with van der Waals surface area (Å²) >= 11 is 7.82. The minimum Gasteiger partial charge on any atom is -0.478 e. The van der Waals surface area contributed by atoms with E-state index < -0.39 is 39.8 Å². The van der Waals surface area contributed by atoms with Gasteiger partial charge in [-0.05, 0) is 149 Å². The van der Waals surface area contributed by atoms with Gasteiger partial charge in [-0.2, -0.15) is 13.2 Å². The maximum absolute atomic E-state index is 15.0. The smallest absolute Gasteiger partial charge is 0.478 e. The first-order valence-electron chi connectivity index (χ1n) is 26.0. The third kappa shape index (κ3) is 11.7. The van der Waals surface area contributed by atoms with Crippen LogP contribution >= 0.6 is 30.9 Å². The molecule has 6 aromatic rings. The lowest BCUT2D eigenvalue weighted by Gasteiger charge is -2.37. The number of hydrogen-bond acceptors (Lipinski definition) is 10. The second-order valence-electron chi connectivity index (χ2n) is 20.1. The number of aromatic carboxylic acids is 1. The molecule has 0 aliphatic carbocycles. The molecule has 0 unspecified atom stereocenters. The summed E-state index contributed by atoms with van der Waals surface area (Å²) in [6.07, 6.45) is 3.87. The molecule has 0 amide bonds. The van der Waals surface area contributed by atoms with Crippen molar-refractivity contribution in [2.24, 2.45) is 5.92 Å². The molecule has 9 rings (SSSR count). The fourth-order valence-corrected chi connectivity index (χ4v) is 15.3. The molecular weight excluding hydrogens is 1050 g/mol. The normalized spacial score (nSPS) is 18.4. The van der Waals surface area contributed by atoms with Gasteiger partial charge in [0.05, 0.1) is 35.4 Å².